The summed E-state index contributed by atoms with van der Waals surface area (Å²) in [7, 11) is -3.79. The zero-order valence-corrected chi connectivity index (χ0v) is 15.4. The fourth-order valence-electron chi connectivity index (χ4n) is 2.54. The maximum absolute atomic E-state index is 12.7. The second-order valence-corrected chi connectivity index (χ2v) is 8.35. The molecule has 0 spiro atoms. The van der Waals surface area contributed by atoms with Gasteiger partial charge >= 0.3 is 0 Å². The molecule has 1 heterocycles. The predicted molar refractivity (Wildman–Crippen MR) is 92.4 cm³/mol. The van der Waals surface area contributed by atoms with E-state index in [1.165, 1.54) is 24.3 Å². The molecule has 2 rings (SSSR count). The molecule has 1 aromatic carbocycles. The first-order valence-corrected chi connectivity index (χ1v) is 9.80. The van der Waals surface area contributed by atoms with E-state index in [9.17, 15) is 13.2 Å². The quantitative estimate of drug-likeness (QED) is 0.825. The van der Waals surface area contributed by atoms with Crippen LogP contribution in [0, 0.1) is 5.92 Å². The van der Waals surface area contributed by atoms with Crippen molar-refractivity contribution in [1.29, 1.82) is 0 Å². The number of hydrogen-bond acceptors (Lipinski definition) is 4. The molecule has 1 aromatic rings. The number of rotatable bonds is 6. The standard InChI is InChI=1S/C16H23ClN2O4S/c1-12(2)11-15(16(20)19-7-9-23-10-8-19)18-24(21,22)14-5-3-13(17)4-6-14/h3-6,12,15,18H,7-11H2,1-2H3/t15-/m1/s1. The minimum atomic E-state index is -3.79. The lowest BCUT2D eigenvalue weighted by molar-refractivity contribution is -0.137. The number of hydrogen-bond donors (Lipinski definition) is 1. The van der Waals surface area contributed by atoms with E-state index < -0.39 is 16.1 Å². The Labute approximate surface area is 148 Å². The topological polar surface area (TPSA) is 75.7 Å². The van der Waals surface area contributed by atoms with Gasteiger partial charge in [0.15, 0.2) is 0 Å². The summed E-state index contributed by atoms with van der Waals surface area (Å²) in [5.41, 5.74) is 0. The lowest BCUT2D eigenvalue weighted by Crippen LogP contribution is -2.52. The SMILES string of the molecule is CC(C)C[C@@H](NS(=O)(=O)c1ccc(Cl)cc1)C(=O)N1CCOCC1. The molecule has 134 valence electrons. The largest absolute Gasteiger partial charge is 0.378 e. The Morgan fingerprint density at radius 3 is 2.38 bits per heavy atom. The molecule has 1 saturated heterocycles. The van der Waals surface area contributed by atoms with Gasteiger partial charge in [0, 0.05) is 18.1 Å². The van der Waals surface area contributed by atoms with Gasteiger partial charge in [0.1, 0.15) is 6.04 Å². The number of halogens is 1. The van der Waals surface area contributed by atoms with Crippen LogP contribution in [0.2, 0.25) is 5.02 Å². The van der Waals surface area contributed by atoms with Crippen LogP contribution >= 0.6 is 11.6 Å². The van der Waals surface area contributed by atoms with Crippen molar-refractivity contribution in [3.63, 3.8) is 0 Å². The minimum absolute atomic E-state index is 0.0930. The van der Waals surface area contributed by atoms with Crippen LogP contribution in [0.3, 0.4) is 0 Å². The first kappa shape index (κ1) is 19.2. The van der Waals surface area contributed by atoms with Crippen LogP contribution < -0.4 is 4.72 Å². The lowest BCUT2D eigenvalue weighted by atomic mass is 10.0. The highest BCUT2D eigenvalue weighted by Gasteiger charge is 2.30. The van der Waals surface area contributed by atoms with Crippen LogP contribution in [-0.2, 0) is 19.6 Å². The van der Waals surface area contributed by atoms with E-state index in [0.717, 1.165) is 0 Å². The van der Waals surface area contributed by atoms with Crippen LogP contribution in [0.1, 0.15) is 20.3 Å². The van der Waals surface area contributed by atoms with Crippen molar-refractivity contribution in [3.8, 4) is 0 Å². The summed E-state index contributed by atoms with van der Waals surface area (Å²) in [5.74, 6) is -0.0301. The first-order valence-electron chi connectivity index (χ1n) is 7.94. The van der Waals surface area contributed by atoms with E-state index in [1.54, 1.807) is 4.90 Å². The molecule has 8 heteroatoms. The first-order chi connectivity index (χ1) is 11.3. The van der Waals surface area contributed by atoms with Gasteiger partial charge in [-0.25, -0.2) is 8.42 Å². The minimum Gasteiger partial charge on any atom is -0.378 e. The van der Waals surface area contributed by atoms with Crippen molar-refractivity contribution >= 4 is 27.5 Å². The third kappa shape index (κ3) is 5.17. The van der Waals surface area contributed by atoms with Crippen LogP contribution in [0.5, 0.6) is 0 Å². The predicted octanol–water partition coefficient (Wildman–Crippen LogP) is 1.89. The molecule has 24 heavy (non-hydrogen) atoms. The monoisotopic (exact) mass is 374 g/mol. The summed E-state index contributed by atoms with van der Waals surface area (Å²) in [4.78, 5) is 14.5. The van der Waals surface area contributed by atoms with Crippen LogP contribution in [0.25, 0.3) is 0 Å². The second kappa shape index (κ2) is 8.29. The highest BCUT2D eigenvalue weighted by Crippen LogP contribution is 2.17. The van der Waals surface area contributed by atoms with E-state index in [0.29, 0.717) is 37.7 Å². The maximum atomic E-state index is 12.7. The molecule has 1 aliphatic rings. The Kier molecular flexibility index (Phi) is 6.62. The van der Waals surface area contributed by atoms with Gasteiger partial charge in [-0.3, -0.25) is 4.79 Å². The molecule has 0 unspecified atom stereocenters. The van der Waals surface area contributed by atoms with Crippen LogP contribution in [0.15, 0.2) is 29.2 Å². The molecular formula is C16H23ClN2O4S. The van der Waals surface area contributed by atoms with Crippen molar-refractivity contribution in [3.05, 3.63) is 29.3 Å². The van der Waals surface area contributed by atoms with Gasteiger partial charge in [-0.15, -0.1) is 0 Å². The molecule has 1 fully saturated rings. The molecular weight excluding hydrogens is 352 g/mol. The van der Waals surface area contributed by atoms with E-state index in [4.69, 9.17) is 16.3 Å². The number of carbonyl (C=O) groups excluding carboxylic acids is 1. The van der Waals surface area contributed by atoms with Gasteiger partial charge in [-0.1, -0.05) is 25.4 Å². The van der Waals surface area contributed by atoms with Gasteiger partial charge in [0.25, 0.3) is 0 Å². The summed E-state index contributed by atoms with van der Waals surface area (Å²) in [6, 6.07) is 5.09. The Hall–Kier alpha value is -1.15. The molecule has 0 aliphatic carbocycles. The molecule has 1 amide bonds. The highest BCUT2D eigenvalue weighted by molar-refractivity contribution is 7.89. The molecule has 1 N–H and O–H groups in total. The fourth-order valence-corrected chi connectivity index (χ4v) is 3.87. The van der Waals surface area contributed by atoms with Gasteiger partial charge in [0.2, 0.25) is 15.9 Å². The average molecular weight is 375 g/mol. The molecule has 0 saturated carbocycles. The van der Waals surface area contributed by atoms with Gasteiger partial charge < -0.3 is 9.64 Å². The van der Waals surface area contributed by atoms with Crippen LogP contribution in [-0.4, -0.2) is 51.6 Å². The fraction of sp³-hybridized carbons (Fsp3) is 0.562. The Balaban J connectivity index is 2.17. The van der Waals surface area contributed by atoms with Crippen molar-refractivity contribution < 1.29 is 17.9 Å². The molecule has 0 aromatic heterocycles. The average Bonchev–Trinajstić information content (AvgIpc) is 2.54. The zero-order chi connectivity index (χ0) is 17.7. The Bertz CT molecular complexity index is 655. The number of carbonyl (C=O) groups is 1. The van der Waals surface area contributed by atoms with Crippen molar-refractivity contribution in [2.45, 2.75) is 31.2 Å². The number of nitrogens with one attached hydrogen (secondary N) is 1. The Morgan fingerprint density at radius 1 is 1.25 bits per heavy atom. The van der Waals surface area contributed by atoms with Gasteiger partial charge in [0.05, 0.1) is 18.1 Å². The van der Waals surface area contributed by atoms with E-state index in [-0.39, 0.29) is 16.7 Å². The summed E-state index contributed by atoms with van der Waals surface area (Å²) < 4.78 is 32.9. The third-order valence-corrected chi connectivity index (χ3v) is 5.49. The van der Waals surface area contributed by atoms with E-state index >= 15 is 0 Å². The molecule has 0 radical (unpaired) electrons. The number of sulfonamides is 1. The summed E-state index contributed by atoms with van der Waals surface area (Å²) in [6.45, 7) is 5.83. The zero-order valence-electron chi connectivity index (χ0n) is 13.9. The lowest BCUT2D eigenvalue weighted by Gasteiger charge is -2.31. The normalized spacial score (nSPS) is 17.1. The smallest absolute Gasteiger partial charge is 0.241 e. The number of nitrogens with zero attached hydrogens (tertiary/aromatic N) is 1. The Morgan fingerprint density at radius 2 is 1.83 bits per heavy atom. The third-order valence-electron chi connectivity index (χ3n) is 3.75. The van der Waals surface area contributed by atoms with E-state index in [2.05, 4.69) is 4.72 Å². The van der Waals surface area contributed by atoms with E-state index in [1.807, 2.05) is 13.8 Å². The van der Waals surface area contributed by atoms with Crippen molar-refractivity contribution in [2.75, 3.05) is 26.3 Å². The van der Waals surface area contributed by atoms with Crippen molar-refractivity contribution in [1.82, 2.24) is 9.62 Å². The highest BCUT2D eigenvalue weighted by atomic mass is 35.5. The van der Waals surface area contributed by atoms with Gasteiger partial charge in [-0.05, 0) is 36.6 Å². The van der Waals surface area contributed by atoms with Crippen LogP contribution in [0.4, 0.5) is 0 Å². The summed E-state index contributed by atoms with van der Waals surface area (Å²) in [5, 5.41) is 0.456. The second-order valence-electron chi connectivity index (χ2n) is 6.20. The number of amides is 1. The molecule has 1 atom stereocenters. The number of morpholine rings is 1. The number of ether oxygens (including phenoxy) is 1. The van der Waals surface area contributed by atoms with Gasteiger partial charge in [-0.2, -0.15) is 4.72 Å². The maximum Gasteiger partial charge on any atom is 0.241 e. The molecule has 6 nitrogen and oxygen atoms in total. The molecule has 0 bridgehead atoms. The number of benzene rings is 1. The molecule has 1 aliphatic heterocycles. The summed E-state index contributed by atoms with van der Waals surface area (Å²) >= 11 is 5.80. The summed E-state index contributed by atoms with van der Waals surface area (Å²) in [6.07, 6.45) is 0.434. The van der Waals surface area contributed by atoms with Crippen molar-refractivity contribution in [2.24, 2.45) is 5.92 Å².